The van der Waals surface area contributed by atoms with Crippen LogP contribution < -0.4 is 10.4 Å². The normalized spacial score (nSPS) is 17.9. The molecular weight excluding hydrogens is 426 g/mol. The van der Waals surface area contributed by atoms with Crippen molar-refractivity contribution < 1.29 is 9.90 Å². The molecule has 1 amide bonds. The van der Waals surface area contributed by atoms with Gasteiger partial charge in [-0.15, -0.1) is 0 Å². The minimum absolute atomic E-state index is 0.0750. The maximum absolute atomic E-state index is 13.7. The zero-order valence-electron chi connectivity index (χ0n) is 19.9. The predicted octanol–water partition coefficient (Wildman–Crippen LogP) is 3.41. The minimum Gasteiger partial charge on any atom is -0.395 e. The van der Waals surface area contributed by atoms with E-state index < -0.39 is 0 Å². The molecule has 1 N–H and O–H groups in total. The number of hydrogen-bond acceptors (Lipinski definition) is 4. The van der Waals surface area contributed by atoms with E-state index in [1.165, 1.54) is 22.3 Å². The Hall–Kier alpha value is -3.38. The summed E-state index contributed by atoms with van der Waals surface area (Å²) in [5, 5.41) is 12.1. The van der Waals surface area contributed by atoms with E-state index in [2.05, 4.69) is 67.4 Å². The largest absolute Gasteiger partial charge is 0.395 e. The van der Waals surface area contributed by atoms with Gasteiger partial charge in [-0.25, -0.2) is 0 Å². The molecule has 6 heteroatoms. The standard InChI is InChI=1S/C28H31N3O3/c1-18(2)27-29(16-17-32)28(34)25-19(3)24(33)14-15-30(25)31(27)26-22-10-6-4-8-20(22)12-13-21-9-5-7-11-23(21)26/h4-11,14-15,18,26-27,32H,12-13,16-17H2,1-3H3. The number of aromatic nitrogens is 1. The highest BCUT2D eigenvalue weighted by molar-refractivity contribution is 5.95. The van der Waals surface area contributed by atoms with Gasteiger partial charge in [0.15, 0.2) is 5.43 Å². The quantitative estimate of drug-likeness (QED) is 0.652. The predicted molar refractivity (Wildman–Crippen MR) is 133 cm³/mol. The lowest BCUT2D eigenvalue weighted by molar-refractivity contribution is 0.0418. The van der Waals surface area contributed by atoms with Gasteiger partial charge in [0.25, 0.3) is 5.91 Å². The van der Waals surface area contributed by atoms with Crippen LogP contribution in [0, 0.1) is 12.8 Å². The molecule has 34 heavy (non-hydrogen) atoms. The van der Waals surface area contributed by atoms with E-state index in [0.29, 0.717) is 11.3 Å². The van der Waals surface area contributed by atoms with E-state index in [1.54, 1.807) is 24.1 Å². The summed E-state index contributed by atoms with van der Waals surface area (Å²) in [6.07, 6.45) is 3.32. The molecule has 0 spiro atoms. The number of benzene rings is 2. The number of carbonyl (C=O) groups excluding carboxylic acids is 1. The van der Waals surface area contributed by atoms with Gasteiger partial charge in [-0.05, 0) is 47.9 Å². The molecule has 1 aliphatic heterocycles. The number of pyridine rings is 1. The first-order chi connectivity index (χ1) is 16.4. The third-order valence-electron chi connectivity index (χ3n) is 7.19. The number of aliphatic hydroxyl groups excluding tert-OH is 1. The van der Waals surface area contributed by atoms with Gasteiger partial charge in [-0.1, -0.05) is 62.4 Å². The molecule has 2 heterocycles. The number of fused-ring (bicyclic) bond motifs is 3. The lowest BCUT2D eigenvalue weighted by Gasteiger charge is -2.52. The molecule has 5 rings (SSSR count). The lowest BCUT2D eigenvalue weighted by atomic mass is 9.92. The molecule has 0 saturated carbocycles. The third-order valence-corrected chi connectivity index (χ3v) is 7.19. The van der Waals surface area contributed by atoms with Crippen molar-refractivity contribution >= 4 is 5.91 Å². The number of carbonyl (C=O) groups is 1. The average Bonchev–Trinajstić information content (AvgIpc) is 2.99. The van der Waals surface area contributed by atoms with Gasteiger partial charge in [-0.3, -0.25) is 19.3 Å². The van der Waals surface area contributed by atoms with E-state index in [0.717, 1.165) is 12.8 Å². The van der Waals surface area contributed by atoms with Crippen molar-refractivity contribution in [3.8, 4) is 0 Å². The number of amides is 1. The highest BCUT2D eigenvalue weighted by Gasteiger charge is 2.44. The van der Waals surface area contributed by atoms with Crippen LogP contribution in [0.2, 0.25) is 0 Å². The first-order valence-corrected chi connectivity index (χ1v) is 12.0. The molecule has 0 saturated heterocycles. The van der Waals surface area contributed by atoms with E-state index in [-0.39, 0.29) is 42.6 Å². The summed E-state index contributed by atoms with van der Waals surface area (Å²) in [5.74, 6) is -0.139. The van der Waals surface area contributed by atoms with Gasteiger partial charge in [0.05, 0.1) is 12.6 Å². The summed E-state index contributed by atoms with van der Waals surface area (Å²) < 4.78 is 1.90. The van der Waals surface area contributed by atoms with Crippen molar-refractivity contribution in [1.82, 2.24) is 9.58 Å². The Bertz CT molecular complexity index is 1250. The summed E-state index contributed by atoms with van der Waals surface area (Å²) in [4.78, 5) is 28.0. The molecule has 2 aliphatic rings. The van der Waals surface area contributed by atoms with Crippen molar-refractivity contribution in [2.75, 3.05) is 18.2 Å². The third kappa shape index (κ3) is 3.44. The van der Waals surface area contributed by atoms with Crippen LogP contribution in [0.3, 0.4) is 0 Å². The number of nitrogens with zero attached hydrogens (tertiary/aromatic N) is 3. The molecule has 1 unspecified atom stereocenters. The number of hydrogen-bond donors (Lipinski definition) is 1. The van der Waals surface area contributed by atoms with Crippen LogP contribution in [-0.4, -0.2) is 39.9 Å². The fourth-order valence-electron chi connectivity index (χ4n) is 5.67. The first-order valence-electron chi connectivity index (χ1n) is 12.0. The van der Waals surface area contributed by atoms with Gasteiger partial charge in [0.1, 0.15) is 11.9 Å². The Labute approximate surface area is 200 Å². The molecule has 1 aliphatic carbocycles. The minimum atomic E-state index is -0.307. The van der Waals surface area contributed by atoms with Gasteiger partial charge in [0.2, 0.25) is 0 Å². The molecule has 176 valence electrons. The topological polar surface area (TPSA) is 65.8 Å². The molecular formula is C28H31N3O3. The van der Waals surface area contributed by atoms with Crippen LogP contribution in [-0.2, 0) is 12.8 Å². The average molecular weight is 458 g/mol. The monoisotopic (exact) mass is 457 g/mol. The Kier molecular flexibility index (Phi) is 5.78. The van der Waals surface area contributed by atoms with Crippen molar-refractivity contribution in [2.45, 2.75) is 45.8 Å². The summed E-state index contributed by atoms with van der Waals surface area (Å²) in [6, 6.07) is 18.4. The van der Waals surface area contributed by atoms with E-state index in [9.17, 15) is 14.7 Å². The lowest BCUT2D eigenvalue weighted by Crippen LogP contribution is -2.65. The van der Waals surface area contributed by atoms with Crippen molar-refractivity contribution in [2.24, 2.45) is 5.92 Å². The number of rotatable bonds is 4. The van der Waals surface area contributed by atoms with Crippen molar-refractivity contribution in [3.63, 3.8) is 0 Å². The zero-order valence-corrected chi connectivity index (χ0v) is 19.9. The Balaban J connectivity index is 1.85. The van der Waals surface area contributed by atoms with Gasteiger partial charge >= 0.3 is 0 Å². The molecule has 6 nitrogen and oxygen atoms in total. The number of aryl methyl sites for hydroxylation is 2. The Morgan fingerprint density at radius 2 is 1.53 bits per heavy atom. The van der Waals surface area contributed by atoms with E-state index in [4.69, 9.17) is 0 Å². The molecule has 2 aromatic carbocycles. The highest BCUT2D eigenvalue weighted by atomic mass is 16.3. The molecule has 0 fully saturated rings. The van der Waals surface area contributed by atoms with Crippen LogP contribution in [0.5, 0.6) is 0 Å². The van der Waals surface area contributed by atoms with E-state index in [1.807, 2.05) is 4.68 Å². The molecule has 0 radical (unpaired) electrons. The Morgan fingerprint density at radius 3 is 2.09 bits per heavy atom. The second kappa shape index (κ2) is 8.76. The summed E-state index contributed by atoms with van der Waals surface area (Å²) in [6.45, 7) is 5.98. The van der Waals surface area contributed by atoms with Gasteiger partial charge < -0.3 is 10.0 Å². The molecule has 0 bridgehead atoms. The molecule has 1 aromatic heterocycles. The Morgan fingerprint density at radius 1 is 0.941 bits per heavy atom. The van der Waals surface area contributed by atoms with Crippen LogP contribution in [0.1, 0.15) is 58.2 Å². The fourth-order valence-corrected chi connectivity index (χ4v) is 5.67. The molecule has 3 aromatic rings. The fraction of sp³-hybridized carbons (Fsp3) is 0.357. The van der Waals surface area contributed by atoms with Crippen molar-refractivity contribution in [1.29, 1.82) is 0 Å². The highest BCUT2D eigenvalue weighted by Crippen LogP contribution is 2.40. The summed E-state index contributed by atoms with van der Waals surface area (Å²) in [7, 11) is 0. The summed E-state index contributed by atoms with van der Waals surface area (Å²) in [5.41, 5.74) is 5.63. The van der Waals surface area contributed by atoms with Crippen LogP contribution >= 0.6 is 0 Å². The molecule has 1 atom stereocenters. The van der Waals surface area contributed by atoms with Crippen LogP contribution in [0.4, 0.5) is 0 Å². The van der Waals surface area contributed by atoms with Gasteiger partial charge in [-0.2, -0.15) is 0 Å². The second-order valence-corrected chi connectivity index (χ2v) is 9.56. The second-order valence-electron chi connectivity index (χ2n) is 9.56. The number of β-amino-alcohol motifs (C(OH)–C–C–N with tert-alkyl or cyclic N) is 1. The zero-order chi connectivity index (χ0) is 24.0. The maximum Gasteiger partial charge on any atom is 0.274 e. The van der Waals surface area contributed by atoms with Crippen molar-refractivity contribution in [3.05, 3.63) is 105 Å². The maximum atomic E-state index is 13.7. The van der Waals surface area contributed by atoms with Gasteiger partial charge in [0, 0.05) is 24.4 Å². The smallest absolute Gasteiger partial charge is 0.274 e. The first kappa shape index (κ1) is 22.4. The van der Waals surface area contributed by atoms with Crippen LogP contribution in [0.25, 0.3) is 0 Å². The van der Waals surface area contributed by atoms with E-state index >= 15 is 0 Å². The number of aliphatic hydroxyl groups is 1. The summed E-state index contributed by atoms with van der Waals surface area (Å²) >= 11 is 0. The van der Waals surface area contributed by atoms with Crippen LogP contribution in [0.15, 0.2) is 65.6 Å². The SMILES string of the molecule is Cc1c2n(ccc1=O)N(C1c3ccccc3CCc3ccccc31)C(C(C)C)N(CCO)C2=O.